The van der Waals surface area contributed by atoms with Gasteiger partial charge in [0, 0.05) is 0 Å². The molecule has 0 aromatic rings. The fourth-order valence-corrected chi connectivity index (χ4v) is 6.83. The lowest BCUT2D eigenvalue weighted by Crippen LogP contribution is -2.67. The van der Waals surface area contributed by atoms with E-state index in [1.807, 2.05) is 0 Å². The van der Waals surface area contributed by atoms with E-state index in [9.17, 15) is 76.6 Å². The molecular formula is C30H52O24. The van der Waals surface area contributed by atoms with Crippen LogP contribution in [0.15, 0.2) is 0 Å². The van der Waals surface area contributed by atoms with E-state index in [4.69, 9.17) is 42.6 Å². The summed E-state index contributed by atoms with van der Waals surface area (Å²) in [5.41, 5.74) is 0. The molecule has 5 heterocycles. The molecule has 5 aliphatic heterocycles. The Morgan fingerprint density at radius 1 is 0.370 bits per heavy atom. The van der Waals surface area contributed by atoms with Gasteiger partial charge >= 0.3 is 0 Å². The predicted octanol–water partition coefficient (Wildman–Crippen LogP) is -9.87. The molecule has 5 aliphatic rings. The molecule has 0 aliphatic carbocycles. The zero-order valence-electron chi connectivity index (χ0n) is 28.9. The van der Waals surface area contributed by atoms with Crippen molar-refractivity contribution >= 4 is 0 Å². The molecule has 25 atom stereocenters. The summed E-state index contributed by atoms with van der Waals surface area (Å²) in [6.45, 7) is 0.438. The van der Waals surface area contributed by atoms with Crippen LogP contribution in [0.5, 0.6) is 0 Å². The SMILES string of the molecule is C[C@@H]1O[C@@H](O[C@@H]2[C@@H](O)[C@H](O[C@@H]3O[C@@H](C)[C@H](O[C@@H]4O[C@H](CO[C@@H]5O[C@H](CO)[C@@H](O)[C@H](O)[C@H]5O)[C@@H](O)[C@H](O)[C@H]4O)[C@@H](O)[C@H]3O)[C@@H](CO)O[C@H]2O)[C@H](O)[C@H](O)[C@H]1O. The maximum Gasteiger partial charge on any atom is 0.187 e. The maximum atomic E-state index is 11.2. The monoisotopic (exact) mass is 796 g/mol. The number of hydrogen-bond acceptors (Lipinski definition) is 24. The van der Waals surface area contributed by atoms with E-state index in [0.717, 1.165) is 0 Å². The Morgan fingerprint density at radius 3 is 1.41 bits per heavy atom. The molecule has 5 fully saturated rings. The minimum Gasteiger partial charge on any atom is -0.394 e. The third-order valence-electron chi connectivity index (χ3n) is 10.2. The third kappa shape index (κ3) is 8.87. The topological polar surface area (TPSA) is 387 Å². The van der Waals surface area contributed by atoms with Crippen molar-refractivity contribution in [1.29, 1.82) is 0 Å². The van der Waals surface area contributed by atoms with E-state index in [1.165, 1.54) is 13.8 Å². The van der Waals surface area contributed by atoms with Gasteiger partial charge in [0.15, 0.2) is 31.5 Å². The molecule has 24 heteroatoms. The van der Waals surface area contributed by atoms with Crippen LogP contribution in [0.2, 0.25) is 0 Å². The van der Waals surface area contributed by atoms with Crippen molar-refractivity contribution in [2.45, 2.75) is 167 Å². The van der Waals surface area contributed by atoms with Crippen molar-refractivity contribution in [3.63, 3.8) is 0 Å². The van der Waals surface area contributed by atoms with E-state index < -0.39 is 173 Å². The van der Waals surface area contributed by atoms with Crippen LogP contribution in [-0.2, 0) is 42.6 Å². The van der Waals surface area contributed by atoms with Crippen LogP contribution < -0.4 is 0 Å². The van der Waals surface area contributed by atoms with E-state index in [2.05, 4.69) is 0 Å². The Balaban J connectivity index is 1.21. The van der Waals surface area contributed by atoms with E-state index >= 15 is 0 Å². The smallest absolute Gasteiger partial charge is 0.187 e. The molecular weight excluding hydrogens is 744 g/mol. The molecule has 0 aromatic heterocycles. The van der Waals surface area contributed by atoms with Gasteiger partial charge in [0.25, 0.3) is 0 Å². The second-order valence-corrected chi connectivity index (χ2v) is 14.0. The van der Waals surface area contributed by atoms with Crippen LogP contribution in [0.4, 0.5) is 0 Å². The molecule has 15 N–H and O–H groups in total. The first-order chi connectivity index (χ1) is 25.4. The molecule has 0 radical (unpaired) electrons. The molecule has 54 heavy (non-hydrogen) atoms. The highest BCUT2D eigenvalue weighted by molar-refractivity contribution is 4.97. The van der Waals surface area contributed by atoms with Crippen molar-refractivity contribution in [2.24, 2.45) is 0 Å². The Morgan fingerprint density at radius 2 is 0.815 bits per heavy atom. The highest BCUT2D eigenvalue weighted by Gasteiger charge is 2.55. The normalized spacial score (nSPS) is 54.7. The average Bonchev–Trinajstić information content (AvgIpc) is 3.14. The molecule has 5 saturated heterocycles. The molecule has 0 amide bonds. The molecule has 0 bridgehead atoms. The van der Waals surface area contributed by atoms with Crippen molar-refractivity contribution in [3.8, 4) is 0 Å². The minimum absolute atomic E-state index is 0.671. The summed E-state index contributed by atoms with van der Waals surface area (Å²) in [6, 6.07) is 0. The first kappa shape index (κ1) is 44.1. The van der Waals surface area contributed by atoms with E-state index in [1.54, 1.807) is 0 Å². The van der Waals surface area contributed by atoms with Gasteiger partial charge in [-0.25, -0.2) is 0 Å². The number of ether oxygens (including phenoxy) is 9. The summed E-state index contributed by atoms with van der Waals surface area (Å²) in [6.07, 6.45) is -42.2. The summed E-state index contributed by atoms with van der Waals surface area (Å²) >= 11 is 0. The van der Waals surface area contributed by atoms with Gasteiger partial charge in [-0.05, 0) is 13.8 Å². The fraction of sp³-hybridized carbons (Fsp3) is 1.00. The molecule has 0 unspecified atom stereocenters. The standard InChI is InChI=1S/C30H52O24/c1-6-11(33)14(36)19(41)28(47-6)54-25-22(44)24(9(4-32)49-26(25)45)53-29-21(43)17(39)23(7(2)48-29)52-30-20(42)16(38)13(35)10(51-30)5-46-27-18(40)15(37)12(34)8(3-31)50-27/h6-45H,3-5H2,1-2H3/t6-,7-,8+,9+,10+,11-,12+,13+,14+,15-,16-,17-,18+,19+,20+,21+,22-,23-,24+,25+,26+,27+,28-,29-,30-/m0/s1. The van der Waals surface area contributed by atoms with Gasteiger partial charge in [0.1, 0.15) is 110 Å². The molecule has 5 rings (SSSR count). The largest absolute Gasteiger partial charge is 0.394 e. The molecule has 0 aromatic carbocycles. The van der Waals surface area contributed by atoms with E-state index in [0.29, 0.717) is 0 Å². The van der Waals surface area contributed by atoms with Gasteiger partial charge in [-0.1, -0.05) is 0 Å². The Labute approximate surface area is 306 Å². The molecule has 316 valence electrons. The van der Waals surface area contributed by atoms with Gasteiger partial charge in [-0.15, -0.1) is 0 Å². The summed E-state index contributed by atoms with van der Waals surface area (Å²) in [5.74, 6) is 0. The van der Waals surface area contributed by atoms with Crippen molar-refractivity contribution in [1.82, 2.24) is 0 Å². The summed E-state index contributed by atoms with van der Waals surface area (Å²) in [7, 11) is 0. The highest BCUT2D eigenvalue weighted by atomic mass is 16.8. The third-order valence-corrected chi connectivity index (χ3v) is 10.2. The van der Waals surface area contributed by atoms with Crippen LogP contribution >= 0.6 is 0 Å². The lowest BCUT2D eigenvalue weighted by molar-refractivity contribution is -0.388. The van der Waals surface area contributed by atoms with Crippen LogP contribution in [0, 0.1) is 0 Å². The number of aliphatic hydroxyl groups excluding tert-OH is 15. The summed E-state index contributed by atoms with van der Waals surface area (Å²) in [5, 5.41) is 156. The number of aliphatic hydroxyl groups is 15. The van der Waals surface area contributed by atoms with Crippen LogP contribution in [0.25, 0.3) is 0 Å². The first-order valence-electron chi connectivity index (χ1n) is 17.3. The average molecular weight is 797 g/mol. The summed E-state index contributed by atoms with van der Waals surface area (Å²) in [4.78, 5) is 0. The van der Waals surface area contributed by atoms with Gasteiger partial charge in [-0.3, -0.25) is 0 Å². The predicted molar refractivity (Wildman–Crippen MR) is 164 cm³/mol. The fourth-order valence-electron chi connectivity index (χ4n) is 6.83. The van der Waals surface area contributed by atoms with Gasteiger partial charge in [0.05, 0.1) is 32.0 Å². The first-order valence-corrected chi connectivity index (χ1v) is 17.3. The van der Waals surface area contributed by atoms with Gasteiger partial charge in [-0.2, -0.15) is 0 Å². The van der Waals surface area contributed by atoms with Gasteiger partial charge in [0.2, 0.25) is 0 Å². The van der Waals surface area contributed by atoms with Crippen LogP contribution in [-0.4, -0.2) is 250 Å². The lowest BCUT2D eigenvalue weighted by atomic mass is 9.96. The Hall–Kier alpha value is -0.960. The highest BCUT2D eigenvalue weighted by Crippen LogP contribution is 2.34. The van der Waals surface area contributed by atoms with Crippen molar-refractivity contribution in [2.75, 3.05) is 19.8 Å². The second kappa shape index (κ2) is 18.3. The zero-order chi connectivity index (χ0) is 39.9. The lowest BCUT2D eigenvalue weighted by Gasteiger charge is -2.48. The van der Waals surface area contributed by atoms with Gasteiger partial charge < -0.3 is 119 Å². The van der Waals surface area contributed by atoms with Crippen LogP contribution in [0.3, 0.4) is 0 Å². The van der Waals surface area contributed by atoms with E-state index in [-0.39, 0.29) is 0 Å². The Kier molecular flexibility index (Phi) is 15.0. The van der Waals surface area contributed by atoms with Crippen LogP contribution in [0.1, 0.15) is 13.8 Å². The minimum atomic E-state index is -1.99. The van der Waals surface area contributed by atoms with Crippen molar-refractivity contribution < 1.29 is 119 Å². The molecule has 24 nitrogen and oxygen atoms in total. The second-order valence-electron chi connectivity index (χ2n) is 14.0. The van der Waals surface area contributed by atoms with Crippen molar-refractivity contribution in [3.05, 3.63) is 0 Å². The quantitative estimate of drug-likeness (QED) is 0.0923. The molecule has 0 spiro atoms. The maximum absolute atomic E-state index is 11.2. The number of rotatable bonds is 11. The number of hydrogen-bond donors (Lipinski definition) is 15. The summed E-state index contributed by atoms with van der Waals surface area (Å²) < 4.78 is 49.6. The zero-order valence-corrected chi connectivity index (χ0v) is 28.9. The molecule has 0 saturated carbocycles. The Bertz CT molecular complexity index is 1170.